The maximum atomic E-state index is 8.57. The molecule has 0 atom stereocenters. The van der Waals surface area contributed by atoms with Crippen molar-refractivity contribution >= 4 is 0 Å². The van der Waals surface area contributed by atoms with Crippen LogP contribution in [0.2, 0.25) is 0 Å². The van der Waals surface area contributed by atoms with Crippen molar-refractivity contribution in [2.75, 3.05) is 13.1 Å². The molecule has 0 aromatic heterocycles. The lowest BCUT2D eigenvalue weighted by atomic mass is 10.1. The van der Waals surface area contributed by atoms with E-state index in [9.17, 15) is 0 Å². The van der Waals surface area contributed by atoms with E-state index < -0.39 is 0 Å². The highest BCUT2D eigenvalue weighted by Crippen LogP contribution is 2.03. The predicted molar refractivity (Wildman–Crippen MR) is 46.9 cm³/mol. The lowest BCUT2D eigenvalue weighted by molar-refractivity contribution is -0.00000294. The van der Waals surface area contributed by atoms with Gasteiger partial charge in [-0.05, 0) is 25.7 Å². The maximum absolute atomic E-state index is 8.57. The van der Waals surface area contributed by atoms with Gasteiger partial charge in [0.25, 0.3) is 0 Å². The zero-order valence-electron chi connectivity index (χ0n) is 8.18. The summed E-state index contributed by atoms with van der Waals surface area (Å²) in [4.78, 5) is 1.79. The van der Waals surface area contributed by atoms with E-state index in [1.165, 1.54) is 6.42 Å². The summed E-state index contributed by atoms with van der Waals surface area (Å²) in [6.07, 6.45) is 4.52. The fourth-order valence-electron chi connectivity index (χ4n) is 0.969. The van der Waals surface area contributed by atoms with Gasteiger partial charge in [-0.2, -0.15) is 5.26 Å². The molecule has 0 amide bonds. The van der Waals surface area contributed by atoms with Gasteiger partial charge in [0.2, 0.25) is 0 Å². The Morgan fingerprint density at radius 3 is 2.33 bits per heavy atom. The van der Waals surface area contributed by atoms with Crippen LogP contribution in [0.4, 0.5) is 0 Å². The van der Waals surface area contributed by atoms with Crippen LogP contribution in [-0.4, -0.2) is 18.0 Å². The number of nitriles is 1. The molecule has 0 aliphatic carbocycles. The Morgan fingerprint density at radius 1 is 1.42 bits per heavy atom. The highest BCUT2D eigenvalue weighted by atomic mass is 35.5. The molecular formula is C9H18ClN2-. The van der Waals surface area contributed by atoms with Gasteiger partial charge in [-0.1, -0.05) is 13.8 Å². The fourth-order valence-corrected chi connectivity index (χ4v) is 0.969. The van der Waals surface area contributed by atoms with Crippen LogP contribution in [0.3, 0.4) is 0 Å². The van der Waals surface area contributed by atoms with E-state index in [0.29, 0.717) is 0 Å². The van der Waals surface area contributed by atoms with Crippen molar-refractivity contribution in [1.29, 1.82) is 5.26 Å². The van der Waals surface area contributed by atoms with Crippen molar-refractivity contribution in [2.24, 2.45) is 5.92 Å². The van der Waals surface area contributed by atoms with Gasteiger partial charge >= 0.3 is 0 Å². The van der Waals surface area contributed by atoms with Crippen LogP contribution in [0.25, 0.3) is 0 Å². The molecule has 2 nitrogen and oxygen atoms in total. The van der Waals surface area contributed by atoms with Gasteiger partial charge in [0.05, 0.1) is 0 Å². The second-order valence-electron chi connectivity index (χ2n) is 3.22. The van der Waals surface area contributed by atoms with Gasteiger partial charge in [-0.25, -0.2) is 0 Å². The van der Waals surface area contributed by atoms with Crippen LogP contribution in [-0.2, 0) is 0 Å². The molecule has 0 aliphatic rings. The van der Waals surface area contributed by atoms with E-state index in [1.807, 2.05) is 6.92 Å². The maximum Gasteiger partial charge on any atom is 0.179 e. The molecule has 0 radical (unpaired) electrons. The van der Waals surface area contributed by atoms with Crippen LogP contribution in [0.1, 0.15) is 33.6 Å². The van der Waals surface area contributed by atoms with E-state index in [2.05, 4.69) is 20.0 Å². The second-order valence-corrected chi connectivity index (χ2v) is 3.22. The zero-order chi connectivity index (χ0) is 8.69. The lowest BCUT2D eigenvalue weighted by Gasteiger charge is -2.12. The first-order valence-corrected chi connectivity index (χ1v) is 4.35. The van der Waals surface area contributed by atoms with E-state index in [4.69, 9.17) is 5.26 Å². The van der Waals surface area contributed by atoms with Crippen LogP contribution in [0, 0.1) is 17.4 Å². The first kappa shape index (κ1) is 14.1. The molecule has 72 valence electrons. The summed E-state index contributed by atoms with van der Waals surface area (Å²) in [6, 6.07) is 0. The van der Waals surface area contributed by atoms with Crippen LogP contribution >= 0.6 is 0 Å². The molecule has 0 unspecified atom stereocenters. The lowest BCUT2D eigenvalue weighted by Crippen LogP contribution is -3.00. The Hall–Kier alpha value is -0.420. The van der Waals surface area contributed by atoms with E-state index in [-0.39, 0.29) is 12.4 Å². The third kappa shape index (κ3) is 7.68. The smallest absolute Gasteiger partial charge is 0.179 e. The monoisotopic (exact) mass is 189 g/mol. The van der Waals surface area contributed by atoms with Gasteiger partial charge in [-0.3, -0.25) is 0 Å². The minimum Gasteiger partial charge on any atom is -1.00 e. The van der Waals surface area contributed by atoms with E-state index in [1.54, 1.807) is 4.90 Å². The molecule has 0 aliphatic heterocycles. The summed E-state index contributed by atoms with van der Waals surface area (Å²) in [6.45, 7) is 8.20. The summed E-state index contributed by atoms with van der Waals surface area (Å²) in [5.41, 5.74) is 0. The standard InChI is InChI=1S/C9H18N2.ClH/c1-4-11(8-10)7-5-6-9(2)3;/h9H,4-7H2,1-3H3;1H/p-1. The van der Waals surface area contributed by atoms with Crippen molar-refractivity contribution in [3.8, 4) is 6.19 Å². The molecule has 0 aromatic rings. The van der Waals surface area contributed by atoms with Gasteiger partial charge in [-0.15, -0.1) is 0 Å². The number of halogens is 1. The number of hydrogen-bond donors (Lipinski definition) is 0. The SMILES string of the molecule is CCN(C#N)CCCC(C)C.[Cl-]. The average Bonchev–Trinajstić information content (AvgIpc) is 1.98. The molecule has 0 rings (SSSR count). The Labute approximate surface area is 82.0 Å². The second kappa shape index (κ2) is 8.67. The Kier molecular flexibility index (Phi) is 10.2. The van der Waals surface area contributed by atoms with Crippen molar-refractivity contribution in [3.05, 3.63) is 0 Å². The summed E-state index contributed by atoms with van der Waals surface area (Å²) in [5, 5.41) is 8.57. The predicted octanol–water partition coefficient (Wildman–Crippen LogP) is -0.770. The van der Waals surface area contributed by atoms with Crippen molar-refractivity contribution in [3.63, 3.8) is 0 Å². The zero-order valence-corrected chi connectivity index (χ0v) is 8.93. The molecule has 3 heteroatoms. The number of rotatable bonds is 5. The van der Waals surface area contributed by atoms with Crippen LogP contribution < -0.4 is 12.4 Å². The molecule has 0 saturated carbocycles. The minimum absolute atomic E-state index is 0. The summed E-state index contributed by atoms with van der Waals surface area (Å²) < 4.78 is 0. The van der Waals surface area contributed by atoms with E-state index >= 15 is 0 Å². The minimum atomic E-state index is 0. The topological polar surface area (TPSA) is 27.0 Å². The molecule has 0 N–H and O–H groups in total. The molecule has 0 saturated heterocycles. The van der Waals surface area contributed by atoms with Gasteiger partial charge in [0.1, 0.15) is 0 Å². The molecular weight excluding hydrogens is 172 g/mol. The van der Waals surface area contributed by atoms with Crippen LogP contribution in [0.15, 0.2) is 0 Å². The van der Waals surface area contributed by atoms with Gasteiger partial charge in [0, 0.05) is 13.1 Å². The summed E-state index contributed by atoms with van der Waals surface area (Å²) in [5.74, 6) is 0.757. The first-order chi connectivity index (χ1) is 5.20. The third-order valence-electron chi connectivity index (χ3n) is 1.73. The normalized spacial score (nSPS) is 8.92. The molecule has 0 aromatic carbocycles. The van der Waals surface area contributed by atoms with E-state index in [0.717, 1.165) is 25.4 Å². The first-order valence-electron chi connectivity index (χ1n) is 4.35. The average molecular weight is 190 g/mol. The largest absolute Gasteiger partial charge is 1.00 e. The molecule has 0 spiro atoms. The molecule has 0 bridgehead atoms. The number of nitrogens with zero attached hydrogens (tertiary/aromatic N) is 2. The van der Waals surface area contributed by atoms with Crippen molar-refractivity contribution < 1.29 is 12.4 Å². The third-order valence-corrected chi connectivity index (χ3v) is 1.73. The Bertz CT molecular complexity index is 129. The highest BCUT2D eigenvalue weighted by Gasteiger charge is 1.98. The van der Waals surface area contributed by atoms with Gasteiger partial charge < -0.3 is 17.3 Å². The quantitative estimate of drug-likeness (QED) is 0.420. The molecule has 0 heterocycles. The van der Waals surface area contributed by atoms with Crippen LogP contribution in [0.5, 0.6) is 0 Å². The Balaban J connectivity index is 0. The van der Waals surface area contributed by atoms with Crippen molar-refractivity contribution in [1.82, 2.24) is 4.90 Å². The van der Waals surface area contributed by atoms with Crippen molar-refractivity contribution in [2.45, 2.75) is 33.6 Å². The fraction of sp³-hybridized carbons (Fsp3) is 0.889. The summed E-state index contributed by atoms with van der Waals surface area (Å²) >= 11 is 0. The molecule has 0 fully saturated rings. The number of hydrogen-bond acceptors (Lipinski definition) is 2. The summed E-state index contributed by atoms with van der Waals surface area (Å²) in [7, 11) is 0. The molecule has 12 heavy (non-hydrogen) atoms. The Morgan fingerprint density at radius 2 is 2.00 bits per heavy atom. The van der Waals surface area contributed by atoms with Gasteiger partial charge in [0.15, 0.2) is 6.19 Å². The highest BCUT2D eigenvalue weighted by molar-refractivity contribution is 4.71.